The van der Waals surface area contributed by atoms with Crippen molar-refractivity contribution in [3.05, 3.63) is 65.4 Å². The highest BCUT2D eigenvalue weighted by molar-refractivity contribution is 6.08. The summed E-state index contributed by atoms with van der Waals surface area (Å²) in [6, 6.07) is 16.2. The SMILES string of the molecule is CCCCn1c(C)c(C(=O)NC2CCN(CCc3ccccc3)CC2)c2cc(O)ccc21.Cl. The Morgan fingerprint density at radius 3 is 2.52 bits per heavy atom. The number of nitrogens with one attached hydrogen (secondary N) is 1. The van der Waals surface area contributed by atoms with Crippen molar-refractivity contribution in [2.24, 2.45) is 0 Å². The molecular weight excluding hydrogens is 434 g/mol. The van der Waals surface area contributed by atoms with Gasteiger partial charge in [0.2, 0.25) is 0 Å². The monoisotopic (exact) mass is 469 g/mol. The molecule has 0 aliphatic carbocycles. The first kappa shape index (κ1) is 25.1. The average molecular weight is 470 g/mol. The van der Waals surface area contributed by atoms with Crippen LogP contribution in [0, 0.1) is 6.92 Å². The van der Waals surface area contributed by atoms with Gasteiger partial charge in [0.25, 0.3) is 5.91 Å². The molecule has 1 aliphatic heterocycles. The number of likely N-dealkylation sites (tertiary alicyclic amines) is 1. The number of unbranched alkanes of at least 4 members (excludes halogenated alkanes) is 1. The minimum Gasteiger partial charge on any atom is -0.508 e. The molecule has 0 saturated carbocycles. The number of aryl methyl sites for hydroxylation is 1. The predicted octanol–water partition coefficient (Wildman–Crippen LogP) is 5.31. The largest absolute Gasteiger partial charge is 0.508 e. The third-order valence-corrected chi connectivity index (χ3v) is 6.75. The van der Waals surface area contributed by atoms with Crippen LogP contribution in [0.25, 0.3) is 10.9 Å². The molecule has 0 radical (unpaired) electrons. The van der Waals surface area contributed by atoms with Gasteiger partial charge in [-0.15, -0.1) is 12.4 Å². The van der Waals surface area contributed by atoms with E-state index in [1.54, 1.807) is 12.1 Å². The lowest BCUT2D eigenvalue weighted by Crippen LogP contribution is -2.45. The molecule has 1 aromatic heterocycles. The second-order valence-electron chi connectivity index (χ2n) is 8.99. The number of hydrogen-bond donors (Lipinski definition) is 2. The van der Waals surface area contributed by atoms with E-state index >= 15 is 0 Å². The molecule has 1 saturated heterocycles. The molecule has 1 aliphatic rings. The number of benzene rings is 2. The van der Waals surface area contributed by atoms with Gasteiger partial charge in [-0.05, 0) is 56.4 Å². The molecule has 2 heterocycles. The van der Waals surface area contributed by atoms with E-state index in [0.717, 1.165) is 74.9 Å². The van der Waals surface area contributed by atoms with Crippen molar-refractivity contribution in [3.63, 3.8) is 0 Å². The molecule has 33 heavy (non-hydrogen) atoms. The number of hydrogen-bond acceptors (Lipinski definition) is 3. The number of fused-ring (bicyclic) bond motifs is 1. The maximum absolute atomic E-state index is 13.3. The van der Waals surface area contributed by atoms with Crippen LogP contribution in [0.2, 0.25) is 0 Å². The maximum Gasteiger partial charge on any atom is 0.253 e. The van der Waals surface area contributed by atoms with Gasteiger partial charge in [-0.2, -0.15) is 0 Å². The van der Waals surface area contributed by atoms with Gasteiger partial charge in [-0.1, -0.05) is 43.7 Å². The molecule has 178 valence electrons. The van der Waals surface area contributed by atoms with E-state index in [1.165, 1.54) is 5.56 Å². The van der Waals surface area contributed by atoms with Crippen LogP contribution in [0.15, 0.2) is 48.5 Å². The summed E-state index contributed by atoms with van der Waals surface area (Å²) in [6.45, 7) is 8.16. The minimum absolute atomic E-state index is 0. The van der Waals surface area contributed by atoms with E-state index in [9.17, 15) is 9.90 Å². The van der Waals surface area contributed by atoms with Crippen LogP contribution in [0.3, 0.4) is 0 Å². The van der Waals surface area contributed by atoms with Crippen molar-refractivity contribution in [2.75, 3.05) is 19.6 Å². The number of nitrogens with zero attached hydrogens (tertiary/aromatic N) is 2. The molecule has 0 atom stereocenters. The Morgan fingerprint density at radius 2 is 1.82 bits per heavy atom. The number of rotatable bonds is 8. The Kier molecular flexibility index (Phi) is 8.81. The molecule has 4 rings (SSSR count). The number of phenols is 1. The smallest absolute Gasteiger partial charge is 0.253 e. The van der Waals surface area contributed by atoms with Crippen LogP contribution < -0.4 is 5.32 Å². The molecule has 2 aromatic carbocycles. The van der Waals surface area contributed by atoms with Crippen LogP contribution in [-0.4, -0.2) is 46.2 Å². The van der Waals surface area contributed by atoms with E-state index in [0.29, 0.717) is 5.56 Å². The van der Waals surface area contributed by atoms with E-state index < -0.39 is 0 Å². The number of carbonyl (C=O) groups excluding carboxylic acids is 1. The van der Waals surface area contributed by atoms with Crippen molar-refractivity contribution in [3.8, 4) is 5.75 Å². The topological polar surface area (TPSA) is 57.5 Å². The van der Waals surface area contributed by atoms with Gasteiger partial charge < -0.3 is 19.9 Å². The van der Waals surface area contributed by atoms with E-state index in [1.807, 2.05) is 13.0 Å². The minimum atomic E-state index is -0.0175. The van der Waals surface area contributed by atoms with Gasteiger partial charge in [0.15, 0.2) is 0 Å². The highest BCUT2D eigenvalue weighted by Gasteiger charge is 2.25. The number of piperidine rings is 1. The van der Waals surface area contributed by atoms with Crippen LogP contribution in [0.4, 0.5) is 0 Å². The standard InChI is InChI=1S/C27H35N3O2.ClH/c1-3-4-15-30-20(2)26(24-19-23(31)10-11-25(24)30)27(32)28-22-13-17-29(18-14-22)16-12-21-8-6-5-7-9-21;/h5-11,19,22,31H,3-4,12-18H2,1-2H3,(H,28,32);1H. The van der Waals surface area contributed by atoms with Crippen LogP contribution in [-0.2, 0) is 13.0 Å². The quantitative estimate of drug-likeness (QED) is 0.469. The Morgan fingerprint density at radius 1 is 1.09 bits per heavy atom. The van der Waals surface area contributed by atoms with Crippen LogP contribution in [0.1, 0.15) is 54.2 Å². The van der Waals surface area contributed by atoms with Crippen LogP contribution >= 0.6 is 12.4 Å². The number of amides is 1. The van der Waals surface area contributed by atoms with Crippen molar-refractivity contribution < 1.29 is 9.90 Å². The van der Waals surface area contributed by atoms with Gasteiger partial charge in [-0.3, -0.25) is 4.79 Å². The van der Waals surface area contributed by atoms with Gasteiger partial charge in [0.05, 0.1) is 5.56 Å². The number of aromatic hydroxyl groups is 1. The zero-order valence-electron chi connectivity index (χ0n) is 19.7. The number of phenolic OH excluding ortho intramolecular Hbond substituents is 1. The average Bonchev–Trinajstić information content (AvgIpc) is 3.08. The number of halogens is 1. The first-order valence-corrected chi connectivity index (χ1v) is 12.0. The maximum atomic E-state index is 13.3. The van der Waals surface area contributed by atoms with E-state index in [-0.39, 0.29) is 30.1 Å². The second kappa shape index (κ2) is 11.6. The summed E-state index contributed by atoms with van der Waals surface area (Å²) in [5, 5.41) is 14.2. The van der Waals surface area contributed by atoms with Crippen molar-refractivity contribution >= 4 is 29.2 Å². The summed E-state index contributed by atoms with van der Waals surface area (Å²) in [6.07, 6.45) is 5.17. The molecule has 1 fully saturated rings. The molecule has 6 heteroatoms. The Balaban J connectivity index is 0.00000306. The highest BCUT2D eigenvalue weighted by atomic mass is 35.5. The predicted molar refractivity (Wildman–Crippen MR) is 138 cm³/mol. The highest BCUT2D eigenvalue weighted by Crippen LogP contribution is 2.30. The fourth-order valence-corrected chi connectivity index (χ4v) is 4.85. The molecule has 1 amide bonds. The Labute approximate surface area is 203 Å². The fourth-order valence-electron chi connectivity index (χ4n) is 4.85. The Bertz CT molecular complexity index is 1060. The van der Waals surface area contributed by atoms with E-state index in [4.69, 9.17) is 0 Å². The molecular formula is C27H36ClN3O2. The molecule has 2 N–H and O–H groups in total. The van der Waals surface area contributed by atoms with Gasteiger partial charge >= 0.3 is 0 Å². The summed E-state index contributed by atoms with van der Waals surface area (Å²) in [4.78, 5) is 15.8. The zero-order chi connectivity index (χ0) is 22.5. The summed E-state index contributed by atoms with van der Waals surface area (Å²) in [5.74, 6) is 0.182. The van der Waals surface area contributed by atoms with E-state index in [2.05, 4.69) is 52.0 Å². The summed E-state index contributed by atoms with van der Waals surface area (Å²) >= 11 is 0. The number of carbonyl (C=O) groups is 1. The molecule has 5 nitrogen and oxygen atoms in total. The third kappa shape index (κ3) is 5.90. The molecule has 0 bridgehead atoms. The second-order valence-corrected chi connectivity index (χ2v) is 8.99. The molecule has 0 spiro atoms. The first-order chi connectivity index (χ1) is 15.6. The van der Waals surface area contributed by atoms with Gasteiger partial charge in [0, 0.05) is 48.8 Å². The number of aromatic nitrogens is 1. The lowest BCUT2D eigenvalue weighted by atomic mass is 10.0. The molecule has 0 unspecified atom stereocenters. The summed E-state index contributed by atoms with van der Waals surface area (Å²) in [7, 11) is 0. The van der Waals surface area contributed by atoms with Crippen molar-refractivity contribution in [1.29, 1.82) is 0 Å². The Hall–Kier alpha value is -2.50. The summed E-state index contributed by atoms with van der Waals surface area (Å²) in [5.41, 5.74) is 4.09. The van der Waals surface area contributed by atoms with Crippen molar-refractivity contribution in [1.82, 2.24) is 14.8 Å². The third-order valence-electron chi connectivity index (χ3n) is 6.75. The normalized spacial score (nSPS) is 14.8. The molecule has 3 aromatic rings. The van der Waals surface area contributed by atoms with Gasteiger partial charge in [0.1, 0.15) is 5.75 Å². The van der Waals surface area contributed by atoms with Gasteiger partial charge in [-0.25, -0.2) is 0 Å². The lowest BCUT2D eigenvalue weighted by molar-refractivity contribution is 0.0912. The lowest BCUT2D eigenvalue weighted by Gasteiger charge is -2.32. The fraction of sp³-hybridized carbons (Fsp3) is 0.444. The first-order valence-electron chi connectivity index (χ1n) is 12.0. The summed E-state index contributed by atoms with van der Waals surface area (Å²) < 4.78 is 2.22. The van der Waals surface area contributed by atoms with Crippen LogP contribution in [0.5, 0.6) is 5.75 Å². The zero-order valence-corrected chi connectivity index (χ0v) is 20.5. The van der Waals surface area contributed by atoms with Crippen molar-refractivity contribution in [2.45, 2.75) is 58.5 Å².